The molecule has 0 saturated carbocycles. The summed E-state index contributed by atoms with van der Waals surface area (Å²) < 4.78 is 0. The first kappa shape index (κ1) is 11.6. The molecule has 0 atom stereocenters. The van der Waals surface area contributed by atoms with E-state index in [-0.39, 0.29) is 0 Å². The van der Waals surface area contributed by atoms with Gasteiger partial charge in [-0.05, 0) is 23.6 Å². The Hall–Kier alpha value is -3.00. The van der Waals surface area contributed by atoms with Crippen LogP contribution in [0.15, 0.2) is 72.9 Å². The number of hydrogen-bond donors (Lipinski definition) is 0. The van der Waals surface area contributed by atoms with E-state index >= 15 is 0 Å². The zero-order valence-corrected chi connectivity index (χ0v) is 11.8. The Morgan fingerprint density at radius 3 is 2.36 bits per heavy atom. The van der Waals surface area contributed by atoms with E-state index in [9.17, 15) is 0 Å². The molecule has 0 bridgehead atoms. The molecule has 0 unspecified atom stereocenters. The Morgan fingerprint density at radius 2 is 1.41 bits per heavy atom. The zero-order chi connectivity index (χ0) is 14.5. The molecular weight excluding hydrogens is 268 g/mol. The lowest BCUT2D eigenvalue weighted by Gasteiger charge is -2.07. The minimum absolute atomic E-state index is 1.02. The minimum atomic E-state index is 1.02. The molecule has 2 nitrogen and oxygen atoms in total. The van der Waals surface area contributed by atoms with Gasteiger partial charge >= 0.3 is 0 Å². The lowest BCUT2D eigenvalue weighted by Crippen LogP contribution is -1.88. The van der Waals surface area contributed by atoms with Crippen molar-refractivity contribution >= 4 is 43.5 Å². The molecule has 0 saturated heterocycles. The maximum Gasteiger partial charge on any atom is 0.0819 e. The standard InChI is InChI=1S/C20H12N2/c1-3-7-16-13(5-1)9-10-17-19-15(12-21-20(16)17)11-14-6-2-4-8-18(14)22-19/h1-12H. The number of aromatic nitrogens is 2. The van der Waals surface area contributed by atoms with Crippen LogP contribution in [0, 0.1) is 0 Å². The molecule has 0 fully saturated rings. The topological polar surface area (TPSA) is 25.8 Å². The third-order valence-corrected chi connectivity index (χ3v) is 4.24. The third-order valence-electron chi connectivity index (χ3n) is 4.24. The Bertz CT molecular complexity index is 1170. The van der Waals surface area contributed by atoms with Crippen molar-refractivity contribution in [2.24, 2.45) is 0 Å². The van der Waals surface area contributed by atoms with Crippen LogP contribution in [0.3, 0.4) is 0 Å². The van der Waals surface area contributed by atoms with Crippen LogP contribution in [0.5, 0.6) is 0 Å². The first-order chi connectivity index (χ1) is 10.9. The normalized spacial score (nSPS) is 11.6. The molecule has 5 rings (SSSR count). The van der Waals surface area contributed by atoms with Gasteiger partial charge in [-0.25, -0.2) is 4.98 Å². The predicted molar refractivity (Wildman–Crippen MR) is 92.1 cm³/mol. The number of para-hydroxylation sites is 1. The van der Waals surface area contributed by atoms with Gasteiger partial charge in [-0.15, -0.1) is 0 Å². The minimum Gasteiger partial charge on any atom is -0.255 e. The van der Waals surface area contributed by atoms with Crippen LogP contribution in [0.2, 0.25) is 0 Å². The van der Waals surface area contributed by atoms with Gasteiger partial charge in [-0.3, -0.25) is 4.98 Å². The van der Waals surface area contributed by atoms with E-state index in [0.29, 0.717) is 0 Å². The summed E-state index contributed by atoms with van der Waals surface area (Å²) in [7, 11) is 0. The van der Waals surface area contributed by atoms with Crippen molar-refractivity contribution in [3.05, 3.63) is 72.9 Å². The summed E-state index contributed by atoms with van der Waals surface area (Å²) in [6.45, 7) is 0. The predicted octanol–water partition coefficient (Wildman–Crippen LogP) is 5.09. The molecule has 0 radical (unpaired) electrons. The molecular formula is C20H12N2. The Balaban J connectivity index is 2.02. The van der Waals surface area contributed by atoms with Gasteiger partial charge in [-0.2, -0.15) is 0 Å². The summed E-state index contributed by atoms with van der Waals surface area (Å²) in [5, 5.41) is 5.74. The number of fused-ring (bicyclic) bond motifs is 6. The first-order valence-electron chi connectivity index (χ1n) is 7.36. The lowest BCUT2D eigenvalue weighted by atomic mass is 10.0. The van der Waals surface area contributed by atoms with Gasteiger partial charge in [0.2, 0.25) is 0 Å². The summed E-state index contributed by atoms with van der Waals surface area (Å²) in [5.74, 6) is 0. The quantitative estimate of drug-likeness (QED) is 0.292. The fourth-order valence-electron chi connectivity index (χ4n) is 3.17. The van der Waals surface area contributed by atoms with Crippen molar-refractivity contribution in [1.29, 1.82) is 0 Å². The van der Waals surface area contributed by atoms with E-state index in [1.54, 1.807) is 0 Å². The second-order valence-corrected chi connectivity index (χ2v) is 5.56. The largest absolute Gasteiger partial charge is 0.255 e. The monoisotopic (exact) mass is 280 g/mol. The average molecular weight is 280 g/mol. The highest BCUT2D eigenvalue weighted by atomic mass is 14.7. The van der Waals surface area contributed by atoms with Crippen LogP contribution in [-0.4, -0.2) is 9.97 Å². The molecule has 5 aromatic rings. The average Bonchev–Trinajstić information content (AvgIpc) is 2.59. The van der Waals surface area contributed by atoms with Gasteiger partial charge in [0, 0.05) is 27.7 Å². The van der Waals surface area contributed by atoms with Crippen LogP contribution >= 0.6 is 0 Å². The van der Waals surface area contributed by atoms with E-state index in [2.05, 4.69) is 54.6 Å². The van der Waals surface area contributed by atoms with Gasteiger partial charge in [0.25, 0.3) is 0 Å². The van der Waals surface area contributed by atoms with Crippen LogP contribution in [0.1, 0.15) is 0 Å². The molecule has 22 heavy (non-hydrogen) atoms. The fourth-order valence-corrected chi connectivity index (χ4v) is 3.17. The highest BCUT2D eigenvalue weighted by Gasteiger charge is 2.07. The number of nitrogens with zero attached hydrogens (tertiary/aromatic N) is 2. The van der Waals surface area contributed by atoms with Crippen molar-refractivity contribution in [1.82, 2.24) is 9.97 Å². The van der Waals surface area contributed by atoms with Crippen LogP contribution < -0.4 is 0 Å². The Kier molecular flexibility index (Phi) is 2.25. The molecule has 102 valence electrons. The molecule has 0 aliphatic carbocycles. The number of pyridine rings is 2. The highest BCUT2D eigenvalue weighted by Crippen LogP contribution is 2.29. The maximum absolute atomic E-state index is 4.87. The van der Waals surface area contributed by atoms with E-state index in [0.717, 1.165) is 32.7 Å². The summed E-state index contributed by atoms with van der Waals surface area (Å²) in [6.07, 6.45) is 1.93. The van der Waals surface area contributed by atoms with E-state index in [4.69, 9.17) is 9.97 Å². The lowest BCUT2D eigenvalue weighted by molar-refractivity contribution is 1.43. The van der Waals surface area contributed by atoms with E-state index in [1.165, 1.54) is 10.8 Å². The smallest absolute Gasteiger partial charge is 0.0819 e. The van der Waals surface area contributed by atoms with Gasteiger partial charge in [-0.1, -0.05) is 48.5 Å². The summed E-state index contributed by atoms with van der Waals surface area (Å²) in [5.41, 5.74) is 3.07. The molecule has 3 aromatic carbocycles. The van der Waals surface area contributed by atoms with Crippen molar-refractivity contribution < 1.29 is 0 Å². The summed E-state index contributed by atoms with van der Waals surface area (Å²) in [4.78, 5) is 9.58. The van der Waals surface area contributed by atoms with E-state index in [1.807, 2.05) is 18.3 Å². The summed E-state index contributed by atoms with van der Waals surface area (Å²) in [6, 6.07) is 23.0. The Labute approximate surface area is 127 Å². The van der Waals surface area contributed by atoms with Gasteiger partial charge < -0.3 is 0 Å². The number of rotatable bonds is 0. The van der Waals surface area contributed by atoms with E-state index < -0.39 is 0 Å². The molecule has 0 spiro atoms. The van der Waals surface area contributed by atoms with Crippen LogP contribution in [0.25, 0.3) is 43.5 Å². The van der Waals surface area contributed by atoms with Crippen molar-refractivity contribution in [3.8, 4) is 0 Å². The molecule has 2 heterocycles. The fraction of sp³-hybridized carbons (Fsp3) is 0. The van der Waals surface area contributed by atoms with Crippen LogP contribution in [0.4, 0.5) is 0 Å². The maximum atomic E-state index is 4.87. The molecule has 0 aliphatic heterocycles. The highest BCUT2D eigenvalue weighted by molar-refractivity contribution is 6.14. The van der Waals surface area contributed by atoms with Crippen molar-refractivity contribution in [3.63, 3.8) is 0 Å². The molecule has 0 N–H and O–H groups in total. The number of hydrogen-bond acceptors (Lipinski definition) is 2. The second kappa shape index (κ2) is 4.25. The SMILES string of the molecule is c1ccc2nc3c(cnc4c5ccccc5ccc34)cc2c1. The van der Waals surface area contributed by atoms with Crippen molar-refractivity contribution in [2.75, 3.05) is 0 Å². The van der Waals surface area contributed by atoms with Crippen molar-refractivity contribution in [2.45, 2.75) is 0 Å². The van der Waals surface area contributed by atoms with Gasteiger partial charge in [0.05, 0.1) is 16.6 Å². The first-order valence-corrected chi connectivity index (χ1v) is 7.36. The van der Waals surface area contributed by atoms with Crippen LogP contribution in [-0.2, 0) is 0 Å². The molecule has 2 aromatic heterocycles. The molecule has 2 heteroatoms. The number of benzene rings is 3. The third kappa shape index (κ3) is 1.55. The summed E-state index contributed by atoms with van der Waals surface area (Å²) >= 11 is 0. The molecule has 0 aliphatic rings. The zero-order valence-electron chi connectivity index (χ0n) is 11.8. The second-order valence-electron chi connectivity index (χ2n) is 5.56. The Morgan fingerprint density at radius 1 is 0.591 bits per heavy atom. The molecule has 0 amide bonds. The van der Waals surface area contributed by atoms with Gasteiger partial charge in [0.1, 0.15) is 0 Å². The van der Waals surface area contributed by atoms with Gasteiger partial charge in [0.15, 0.2) is 0 Å².